The van der Waals surface area contributed by atoms with Crippen molar-refractivity contribution >= 4 is 22.1 Å². The van der Waals surface area contributed by atoms with Gasteiger partial charge in [0.1, 0.15) is 11.4 Å². The number of rotatable bonds is 6. The Balaban J connectivity index is 1.36. The number of aromatic nitrogens is 6. The molecule has 0 atom stereocenters. The molecule has 0 aliphatic rings. The fourth-order valence-electron chi connectivity index (χ4n) is 4.37. The van der Waals surface area contributed by atoms with E-state index >= 15 is 0 Å². The summed E-state index contributed by atoms with van der Waals surface area (Å²) in [6.45, 7) is 1.64. The Morgan fingerprint density at radius 2 is 0.970 bits per heavy atom. The van der Waals surface area contributed by atoms with E-state index in [1.54, 1.807) is 0 Å². The fraction of sp³-hybridized carbons (Fsp3) is 0.111. The molecule has 0 aliphatic carbocycles. The van der Waals surface area contributed by atoms with Crippen molar-refractivity contribution < 1.29 is 0 Å². The second kappa shape index (κ2) is 8.31. The van der Waals surface area contributed by atoms with Gasteiger partial charge in [-0.15, -0.1) is 0 Å². The SMILES string of the molecule is c1ccc(-c2nc3ccccc3n2CCCn2c(-c3ccccn3)nc3ccccc32)nc1. The van der Waals surface area contributed by atoms with E-state index in [4.69, 9.17) is 9.97 Å². The van der Waals surface area contributed by atoms with Crippen LogP contribution in [0.15, 0.2) is 97.3 Å². The lowest BCUT2D eigenvalue weighted by atomic mass is 10.3. The number of hydrogen-bond donors (Lipinski definition) is 0. The fourth-order valence-corrected chi connectivity index (χ4v) is 4.37. The lowest BCUT2D eigenvalue weighted by Gasteiger charge is -2.12. The van der Waals surface area contributed by atoms with Crippen molar-refractivity contribution in [1.82, 2.24) is 29.1 Å². The highest BCUT2D eigenvalue weighted by Gasteiger charge is 2.15. The quantitative estimate of drug-likeness (QED) is 0.345. The molecular weight excluding hydrogens is 408 g/mol. The third-order valence-corrected chi connectivity index (χ3v) is 5.86. The van der Waals surface area contributed by atoms with Crippen LogP contribution in [0.5, 0.6) is 0 Å². The van der Waals surface area contributed by atoms with Crippen LogP contribution in [0.2, 0.25) is 0 Å². The van der Waals surface area contributed by atoms with Crippen LogP contribution < -0.4 is 0 Å². The summed E-state index contributed by atoms with van der Waals surface area (Å²) in [6, 6.07) is 28.4. The number of benzene rings is 2. The summed E-state index contributed by atoms with van der Waals surface area (Å²) in [6.07, 6.45) is 4.55. The van der Waals surface area contributed by atoms with Crippen molar-refractivity contribution in [3.05, 3.63) is 97.3 Å². The second-order valence-electron chi connectivity index (χ2n) is 7.94. The standard InChI is InChI=1S/C27H22N6/c1-3-14-24-20(10-1)30-26(22-12-5-7-16-28-22)32(24)18-9-19-33-25-15-4-2-11-21(25)31-27(33)23-13-6-8-17-29-23/h1-8,10-17H,9,18-19H2. The van der Waals surface area contributed by atoms with Gasteiger partial charge in [-0.25, -0.2) is 9.97 Å². The summed E-state index contributed by atoms with van der Waals surface area (Å²) in [5.41, 5.74) is 5.99. The summed E-state index contributed by atoms with van der Waals surface area (Å²) in [5, 5.41) is 0. The largest absolute Gasteiger partial charge is 0.323 e. The van der Waals surface area contributed by atoms with Crippen LogP contribution in [-0.2, 0) is 13.1 Å². The molecule has 6 nitrogen and oxygen atoms in total. The number of imidazole rings is 2. The van der Waals surface area contributed by atoms with Gasteiger partial charge in [0.05, 0.1) is 22.1 Å². The van der Waals surface area contributed by atoms with E-state index in [1.165, 1.54) is 0 Å². The highest BCUT2D eigenvalue weighted by atomic mass is 15.1. The summed E-state index contributed by atoms with van der Waals surface area (Å²) in [4.78, 5) is 18.9. The minimum Gasteiger partial charge on any atom is -0.323 e. The van der Waals surface area contributed by atoms with Crippen molar-refractivity contribution in [3.8, 4) is 23.0 Å². The first-order valence-corrected chi connectivity index (χ1v) is 11.1. The van der Waals surface area contributed by atoms with Crippen LogP contribution in [-0.4, -0.2) is 29.1 Å². The van der Waals surface area contributed by atoms with Gasteiger partial charge in [0, 0.05) is 25.5 Å². The van der Waals surface area contributed by atoms with Gasteiger partial charge < -0.3 is 9.13 Å². The van der Waals surface area contributed by atoms with E-state index in [1.807, 2.05) is 60.9 Å². The number of pyridine rings is 2. The predicted molar refractivity (Wildman–Crippen MR) is 131 cm³/mol. The molecule has 0 fully saturated rings. The summed E-state index contributed by atoms with van der Waals surface area (Å²) >= 11 is 0. The van der Waals surface area contributed by atoms with Crippen LogP contribution in [0.1, 0.15) is 6.42 Å². The first-order chi connectivity index (χ1) is 16.4. The summed E-state index contributed by atoms with van der Waals surface area (Å²) in [5.74, 6) is 1.80. The van der Waals surface area contributed by atoms with Crippen LogP contribution in [0.25, 0.3) is 45.1 Å². The van der Waals surface area contributed by atoms with Gasteiger partial charge in [-0.1, -0.05) is 36.4 Å². The summed E-state index contributed by atoms with van der Waals surface area (Å²) in [7, 11) is 0. The zero-order valence-electron chi connectivity index (χ0n) is 18.0. The molecular formula is C27H22N6. The molecule has 0 N–H and O–H groups in total. The third-order valence-electron chi connectivity index (χ3n) is 5.86. The highest BCUT2D eigenvalue weighted by molar-refractivity contribution is 5.81. The molecule has 6 heteroatoms. The molecule has 4 heterocycles. The molecule has 0 bridgehead atoms. The molecule has 4 aromatic heterocycles. The average molecular weight is 431 g/mol. The van der Waals surface area contributed by atoms with Crippen molar-refractivity contribution in [2.75, 3.05) is 0 Å². The first kappa shape index (κ1) is 19.4. The highest BCUT2D eigenvalue weighted by Crippen LogP contribution is 2.26. The van der Waals surface area contributed by atoms with Crippen LogP contribution in [0.4, 0.5) is 0 Å². The lowest BCUT2D eigenvalue weighted by molar-refractivity contribution is 0.585. The van der Waals surface area contributed by atoms with Gasteiger partial charge in [-0.2, -0.15) is 0 Å². The van der Waals surface area contributed by atoms with E-state index in [9.17, 15) is 0 Å². The zero-order valence-corrected chi connectivity index (χ0v) is 18.0. The van der Waals surface area contributed by atoms with Crippen molar-refractivity contribution in [2.45, 2.75) is 19.5 Å². The zero-order chi connectivity index (χ0) is 22.0. The van der Waals surface area contributed by atoms with E-state index < -0.39 is 0 Å². The van der Waals surface area contributed by atoms with Crippen LogP contribution >= 0.6 is 0 Å². The Kier molecular flexibility index (Phi) is 4.88. The number of hydrogen-bond acceptors (Lipinski definition) is 4. The monoisotopic (exact) mass is 430 g/mol. The van der Waals surface area contributed by atoms with Gasteiger partial charge in [-0.3, -0.25) is 9.97 Å². The average Bonchev–Trinajstić information content (AvgIpc) is 3.44. The minimum absolute atomic E-state index is 0.820. The smallest absolute Gasteiger partial charge is 0.159 e. The van der Waals surface area contributed by atoms with Crippen molar-refractivity contribution in [1.29, 1.82) is 0 Å². The second-order valence-corrected chi connectivity index (χ2v) is 7.94. The van der Waals surface area contributed by atoms with Crippen molar-refractivity contribution in [2.24, 2.45) is 0 Å². The minimum atomic E-state index is 0.820. The van der Waals surface area contributed by atoms with Gasteiger partial charge in [0.25, 0.3) is 0 Å². The number of para-hydroxylation sites is 4. The molecule has 0 saturated carbocycles. The molecule has 0 saturated heterocycles. The normalized spacial score (nSPS) is 11.4. The predicted octanol–water partition coefficient (Wildman–Crippen LogP) is 5.60. The molecule has 6 rings (SSSR count). The van der Waals surface area contributed by atoms with Gasteiger partial charge in [-0.05, 0) is 55.0 Å². The van der Waals surface area contributed by atoms with E-state index in [2.05, 4.69) is 55.5 Å². The molecule has 0 radical (unpaired) electrons. The van der Waals surface area contributed by atoms with E-state index in [-0.39, 0.29) is 0 Å². The molecule has 0 spiro atoms. The molecule has 160 valence electrons. The third kappa shape index (κ3) is 3.55. The van der Waals surface area contributed by atoms with Gasteiger partial charge in [0.2, 0.25) is 0 Å². The number of nitrogens with zero attached hydrogens (tertiary/aromatic N) is 6. The Morgan fingerprint density at radius 1 is 0.515 bits per heavy atom. The molecule has 0 unspecified atom stereocenters. The molecule has 33 heavy (non-hydrogen) atoms. The Bertz CT molecular complexity index is 1420. The molecule has 0 aliphatic heterocycles. The Labute approximate surface area is 191 Å². The topological polar surface area (TPSA) is 61.4 Å². The van der Waals surface area contributed by atoms with Crippen LogP contribution in [0.3, 0.4) is 0 Å². The summed E-state index contributed by atoms with van der Waals surface area (Å²) < 4.78 is 4.55. The van der Waals surface area contributed by atoms with Gasteiger partial charge >= 0.3 is 0 Å². The maximum absolute atomic E-state index is 4.88. The van der Waals surface area contributed by atoms with E-state index in [0.29, 0.717) is 0 Å². The van der Waals surface area contributed by atoms with Gasteiger partial charge in [0.15, 0.2) is 11.6 Å². The van der Waals surface area contributed by atoms with Crippen molar-refractivity contribution in [3.63, 3.8) is 0 Å². The molecule has 6 aromatic rings. The first-order valence-electron chi connectivity index (χ1n) is 11.1. The Hall–Kier alpha value is -4.32. The number of aryl methyl sites for hydroxylation is 2. The molecule has 2 aromatic carbocycles. The van der Waals surface area contributed by atoms with Crippen LogP contribution in [0, 0.1) is 0 Å². The Morgan fingerprint density at radius 3 is 1.42 bits per heavy atom. The maximum atomic E-state index is 4.88. The van der Waals surface area contributed by atoms with E-state index in [0.717, 1.165) is 64.6 Å². The lowest BCUT2D eigenvalue weighted by Crippen LogP contribution is -2.07. The molecule has 0 amide bonds. The number of fused-ring (bicyclic) bond motifs is 2. The maximum Gasteiger partial charge on any atom is 0.159 e.